The molecule has 0 fully saturated rings. The highest BCUT2D eigenvalue weighted by atomic mass is 35.5. The number of pyridine rings is 1. The lowest BCUT2D eigenvalue weighted by atomic mass is 10.0. The molecule has 0 aliphatic carbocycles. The molecule has 1 atom stereocenters. The van der Waals surface area contributed by atoms with Crippen molar-refractivity contribution in [3.05, 3.63) is 98.4 Å². The summed E-state index contributed by atoms with van der Waals surface area (Å²) in [6.07, 6.45) is 1.60. The number of carbonyl (C=O) groups excluding carboxylic acids is 1. The number of H-pyrrole nitrogens is 1. The molecule has 4 rings (SSSR count). The molecule has 0 bridgehead atoms. The molecule has 1 unspecified atom stereocenters. The fourth-order valence-electron chi connectivity index (χ4n) is 3.44. The minimum absolute atomic E-state index is 0.218. The Morgan fingerprint density at radius 1 is 1.12 bits per heavy atom. The summed E-state index contributed by atoms with van der Waals surface area (Å²) < 4.78 is 28.3. The maximum absolute atomic E-state index is 13.0. The van der Waals surface area contributed by atoms with Crippen LogP contribution in [0, 0.1) is 6.92 Å². The van der Waals surface area contributed by atoms with Crippen LogP contribution < -0.4 is 4.72 Å². The van der Waals surface area contributed by atoms with Gasteiger partial charge in [0.2, 0.25) is 5.78 Å². The Hall–Kier alpha value is -2.65. The molecule has 3 heterocycles. The second-order valence-corrected chi connectivity index (χ2v) is 11.1. The van der Waals surface area contributed by atoms with Crippen molar-refractivity contribution in [2.75, 3.05) is 4.72 Å². The van der Waals surface area contributed by atoms with Gasteiger partial charge in [0, 0.05) is 23.4 Å². The summed E-state index contributed by atoms with van der Waals surface area (Å²) in [7, 11) is -3.73. The van der Waals surface area contributed by atoms with Crippen molar-refractivity contribution in [3.63, 3.8) is 0 Å². The molecule has 3 aromatic heterocycles. The van der Waals surface area contributed by atoms with E-state index >= 15 is 0 Å². The molecule has 33 heavy (non-hydrogen) atoms. The number of halogens is 2. The molecule has 170 valence electrons. The number of anilines is 1. The number of aryl methyl sites for hydroxylation is 1. The summed E-state index contributed by atoms with van der Waals surface area (Å²) >= 11 is 13.2. The molecule has 0 saturated carbocycles. The Kier molecular flexibility index (Phi) is 6.63. The predicted molar refractivity (Wildman–Crippen MR) is 132 cm³/mol. The van der Waals surface area contributed by atoms with Crippen molar-refractivity contribution in [2.24, 2.45) is 0 Å². The van der Waals surface area contributed by atoms with Gasteiger partial charge in [-0.2, -0.15) is 0 Å². The summed E-state index contributed by atoms with van der Waals surface area (Å²) in [5, 5.41) is 2.38. The first-order valence-electron chi connectivity index (χ1n) is 9.88. The van der Waals surface area contributed by atoms with Gasteiger partial charge in [-0.1, -0.05) is 36.2 Å². The van der Waals surface area contributed by atoms with Crippen LogP contribution in [0.15, 0.2) is 64.3 Å². The number of aromatic nitrogens is 2. The monoisotopic (exact) mass is 519 g/mol. The van der Waals surface area contributed by atoms with Crippen molar-refractivity contribution in [1.82, 2.24) is 9.97 Å². The van der Waals surface area contributed by atoms with Gasteiger partial charge in [-0.15, -0.1) is 11.3 Å². The van der Waals surface area contributed by atoms with Gasteiger partial charge in [0.25, 0.3) is 10.0 Å². The van der Waals surface area contributed by atoms with Crippen molar-refractivity contribution in [2.45, 2.75) is 24.0 Å². The molecular formula is C23H19Cl2N3O3S2. The normalized spacial score (nSPS) is 12.5. The zero-order chi connectivity index (χ0) is 23.8. The van der Waals surface area contributed by atoms with Gasteiger partial charge < -0.3 is 4.98 Å². The molecule has 1 aromatic carbocycles. The molecule has 0 saturated heterocycles. The van der Waals surface area contributed by atoms with Gasteiger partial charge in [0.15, 0.2) is 0 Å². The third kappa shape index (κ3) is 4.84. The predicted octanol–water partition coefficient (Wildman–Crippen LogP) is 6.27. The smallest absolute Gasteiger partial charge is 0.271 e. The van der Waals surface area contributed by atoms with Crippen LogP contribution in [0.1, 0.15) is 45.8 Å². The molecule has 2 N–H and O–H groups in total. The third-order valence-corrected chi connectivity index (χ3v) is 8.67. The summed E-state index contributed by atoms with van der Waals surface area (Å²) in [5.41, 5.74) is 3.23. The molecule has 0 aliphatic rings. The van der Waals surface area contributed by atoms with Gasteiger partial charge in [0.1, 0.15) is 4.21 Å². The van der Waals surface area contributed by atoms with Gasteiger partial charge in [-0.3, -0.25) is 14.5 Å². The standard InChI is InChI=1S/C23H19Cl2N3O3S2/c1-13-11-19(27-21(13)23(29)15-7-8-16(24)17(25)12-15)14(2)22-18(5-3-9-26-22)28-33(30,31)20-6-4-10-32-20/h3-12,14,27-28H,1-2H3. The SMILES string of the molecule is Cc1cc(C(C)c2ncccc2NS(=O)(=O)c2cccs2)[nH]c1C(=O)c1ccc(Cl)c(Cl)c1. The van der Waals surface area contributed by atoms with E-state index in [1.54, 1.807) is 48.0 Å². The molecule has 0 amide bonds. The molecule has 0 aliphatic heterocycles. The van der Waals surface area contributed by atoms with Crippen molar-refractivity contribution in [3.8, 4) is 0 Å². The number of ketones is 1. The number of aromatic amines is 1. The lowest BCUT2D eigenvalue weighted by Gasteiger charge is -2.15. The zero-order valence-corrected chi connectivity index (χ0v) is 20.7. The summed E-state index contributed by atoms with van der Waals surface area (Å²) in [6.45, 7) is 3.72. The zero-order valence-electron chi connectivity index (χ0n) is 17.6. The largest absolute Gasteiger partial charge is 0.355 e. The number of rotatable bonds is 7. The van der Waals surface area contributed by atoms with Crippen molar-refractivity contribution < 1.29 is 13.2 Å². The first kappa shape index (κ1) is 23.5. The number of benzene rings is 1. The lowest BCUT2D eigenvalue weighted by molar-refractivity contribution is 0.103. The van der Waals surface area contributed by atoms with Crippen LogP contribution in [0.5, 0.6) is 0 Å². The van der Waals surface area contributed by atoms with Crippen LogP contribution in [-0.2, 0) is 10.0 Å². The van der Waals surface area contributed by atoms with E-state index in [0.29, 0.717) is 32.7 Å². The van der Waals surface area contributed by atoms with Gasteiger partial charge in [-0.25, -0.2) is 8.42 Å². The van der Waals surface area contributed by atoms with Crippen molar-refractivity contribution in [1.29, 1.82) is 0 Å². The number of carbonyl (C=O) groups is 1. The van der Waals surface area contributed by atoms with Crippen LogP contribution >= 0.6 is 34.5 Å². The number of nitrogens with zero attached hydrogens (tertiary/aromatic N) is 1. The number of sulfonamides is 1. The Morgan fingerprint density at radius 2 is 1.91 bits per heavy atom. The van der Waals surface area contributed by atoms with E-state index in [4.69, 9.17) is 23.2 Å². The topological polar surface area (TPSA) is 91.9 Å². The highest BCUT2D eigenvalue weighted by Gasteiger charge is 2.23. The second kappa shape index (κ2) is 9.30. The molecular weight excluding hydrogens is 501 g/mol. The molecule has 0 spiro atoms. The quantitative estimate of drug-likeness (QED) is 0.281. The van der Waals surface area contributed by atoms with E-state index in [9.17, 15) is 13.2 Å². The number of nitrogens with one attached hydrogen (secondary N) is 2. The fraction of sp³-hybridized carbons (Fsp3) is 0.130. The van der Waals surface area contributed by atoms with E-state index in [1.165, 1.54) is 6.07 Å². The van der Waals surface area contributed by atoms with Crippen LogP contribution in [0.4, 0.5) is 5.69 Å². The Balaban J connectivity index is 1.65. The van der Waals surface area contributed by atoms with E-state index in [2.05, 4.69) is 14.7 Å². The molecule has 6 nitrogen and oxygen atoms in total. The highest BCUT2D eigenvalue weighted by Crippen LogP contribution is 2.32. The van der Waals surface area contributed by atoms with E-state index in [1.807, 2.05) is 19.9 Å². The maximum atomic E-state index is 13.0. The summed E-state index contributed by atoms with van der Waals surface area (Å²) in [4.78, 5) is 20.7. The molecule has 0 radical (unpaired) electrons. The minimum atomic E-state index is -3.73. The molecule has 4 aromatic rings. The van der Waals surface area contributed by atoms with Gasteiger partial charge >= 0.3 is 0 Å². The van der Waals surface area contributed by atoms with E-state index < -0.39 is 10.0 Å². The Labute approximate surface area is 205 Å². The summed E-state index contributed by atoms with van der Waals surface area (Å²) in [6, 6.07) is 13.2. The van der Waals surface area contributed by atoms with Gasteiger partial charge in [-0.05, 0) is 60.3 Å². The van der Waals surface area contributed by atoms with Crippen molar-refractivity contribution >= 4 is 56.0 Å². The number of thiophene rings is 1. The van der Waals surface area contributed by atoms with E-state index in [0.717, 1.165) is 22.6 Å². The summed E-state index contributed by atoms with van der Waals surface area (Å²) in [5.74, 6) is -0.537. The third-order valence-electron chi connectivity index (χ3n) is 5.16. The maximum Gasteiger partial charge on any atom is 0.271 e. The van der Waals surface area contributed by atoms with Crippen LogP contribution in [0.25, 0.3) is 0 Å². The number of hydrogen-bond donors (Lipinski definition) is 2. The van der Waals surface area contributed by atoms with Gasteiger partial charge in [0.05, 0.1) is 27.1 Å². The highest BCUT2D eigenvalue weighted by molar-refractivity contribution is 7.94. The number of hydrogen-bond acceptors (Lipinski definition) is 5. The van der Waals surface area contributed by atoms with Crippen LogP contribution in [-0.4, -0.2) is 24.2 Å². The van der Waals surface area contributed by atoms with Crippen LogP contribution in [0.2, 0.25) is 10.0 Å². The Morgan fingerprint density at radius 3 is 2.61 bits per heavy atom. The minimum Gasteiger partial charge on any atom is -0.355 e. The average Bonchev–Trinajstić information content (AvgIpc) is 3.45. The molecule has 10 heteroatoms. The van der Waals surface area contributed by atoms with Crippen LogP contribution in [0.3, 0.4) is 0 Å². The first-order valence-corrected chi connectivity index (χ1v) is 13.0. The first-order chi connectivity index (χ1) is 15.7. The van der Waals surface area contributed by atoms with E-state index in [-0.39, 0.29) is 15.9 Å². The second-order valence-electron chi connectivity index (χ2n) is 7.44. The Bertz CT molecular complexity index is 1430. The fourth-order valence-corrected chi connectivity index (χ4v) is 5.81. The average molecular weight is 520 g/mol. The lowest BCUT2D eigenvalue weighted by Crippen LogP contribution is -2.15.